The Morgan fingerprint density at radius 1 is 1.04 bits per heavy atom. The molecule has 138 valence electrons. The molecule has 6 nitrogen and oxygen atoms in total. The third-order valence-electron chi connectivity index (χ3n) is 4.83. The number of aryl methyl sites for hydroxylation is 1. The minimum Gasteiger partial charge on any atom is -0.508 e. The zero-order valence-electron chi connectivity index (χ0n) is 14.3. The summed E-state index contributed by atoms with van der Waals surface area (Å²) in [6.07, 6.45) is 3.14. The van der Waals surface area contributed by atoms with Crippen LogP contribution < -0.4 is 0 Å². The smallest absolute Gasteiger partial charge is 0.337 e. The molecule has 1 aliphatic rings. The minimum atomic E-state index is -4.08. The number of phenolic OH excluding ortho intramolecular Hbond substituents is 1. The van der Waals surface area contributed by atoms with E-state index in [0.717, 1.165) is 34.0 Å². The molecule has 7 heteroatoms. The van der Waals surface area contributed by atoms with Crippen LogP contribution in [0.2, 0.25) is 0 Å². The Kier molecular flexibility index (Phi) is 4.04. The summed E-state index contributed by atoms with van der Waals surface area (Å²) in [6, 6.07) is 12.8. The van der Waals surface area contributed by atoms with Gasteiger partial charge in [0.25, 0.3) is 10.0 Å². The number of nitrogens with zero attached hydrogens (tertiary/aromatic N) is 1. The van der Waals surface area contributed by atoms with Crippen molar-refractivity contribution in [3.05, 3.63) is 71.4 Å². The molecule has 0 unspecified atom stereocenters. The van der Waals surface area contributed by atoms with Gasteiger partial charge in [0.1, 0.15) is 5.75 Å². The number of hydrogen-bond acceptors (Lipinski definition) is 4. The summed E-state index contributed by atoms with van der Waals surface area (Å²) in [5.74, 6) is -1.33. The Hall–Kier alpha value is -3.06. The first-order valence-electron chi connectivity index (χ1n) is 8.50. The molecule has 2 aromatic carbocycles. The van der Waals surface area contributed by atoms with Gasteiger partial charge in [-0.25, -0.2) is 17.2 Å². The molecule has 0 aliphatic heterocycles. The first-order valence-corrected chi connectivity index (χ1v) is 9.94. The monoisotopic (exact) mass is 383 g/mol. The molecule has 0 atom stereocenters. The summed E-state index contributed by atoms with van der Waals surface area (Å²) in [6.45, 7) is 0. The second-order valence-electron chi connectivity index (χ2n) is 6.48. The van der Waals surface area contributed by atoms with Gasteiger partial charge in [-0.3, -0.25) is 0 Å². The average molecular weight is 383 g/mol. The van der Waals surface area contributed by atoms with Gasteiger partial charge in [0, 0.05) is 17.8 Å². The Balaban J connectivity index is 2.06. The zero-order chi connectivity index (χ0) is 19.2. The highest BCUT2D eigenvalue weighted by molar-refractivity contribution is 7.90. The van der Waals surface area contributed by atoms with Crippen molar-refractivity contribution in [2.24, 2.45) is 0 Å². The topological polar surface area (TPSA) is 96.6 Å². The molecule has 1 aromatic heterocycles. The largest absolute Gasteiger partial charge is 0.508 e. The number of rotatable bonds is 3. The molecule has 0 bridgehead atoms. The highest BCUT2D eigenvalue weighted by Crippen LogP contribution is 2.37. The molecule has 0 radical (unpaired) electrons. The normalized spacial score (nSPS) is 13.5. The predicted octanol–water partition coefficient (Wildman–Crippen LogP) is 3.28. The molecule has 0 saturated carbocycles. The molecule has 0 saturated heterocycles. The fourth-order valence-electron chi connectivity index (χ4n) is 3.61. The second kappa shape index (κ2) is 6.28. The van der Waals surface area contributed by atoms with E-state index in [9.17, 15) is 23.4 Å². The maximum Gasteiger partial charge on any atom is 0.337 e. The van der Waals surface area contributed by atoms with E-state index in [-0.39, 0.29) is 16.2 Å². The molecule has 1 heterocycles. The first kappa shape index (κ1) is 17.4. The standard InChI is InChI=1S/C20H17NO5S/c22-14-7-4-8-15(11-14)27(25,26)21-12-18(20(23)24)17-10-3-6-13-5-1-2-9-16(13)19(17)21/h1-2,4-5,7-9,11-12,22H,3,6,10H2,(H,23,24). The van der Waals surface area contributed by atoms with Gasteiger partial charge in [-0.2, -0.15) is 0 Å². The van der Waals surface area contributed by atoms with E-state index < -0.39 is 16.0 Å². The lowest BCUT2D eigenvalue weighted by Crippen LogP contribution is -2.14. The number of benzene rings is 2. The number of aromatic hydroxyl groups is 1. The van der Waals surface area contributed by atoms with Crippen LogP contribution in [0.15, 0.2) is 59.6 Å². The van der Waals surface area contributed by atoms with Crippen LogP contribution in [-0.4, -0.2) is 28.6 Å². The van der Waals surface area contributed by atoms with Crippen LogP contribution in [0.4, 0.5) is 0 Å². The van der Waals surface area contributed by atoms with E-state index in [1.165, 1.54) is 24.4 Å². The van der Waals surface area contributed by atoms with Crippen LogP contribution in [-0.2, 0) is 22.9 Å². The van der Waals surface area contributed by atoms with Crippen LogP contribution in [0.5, 0.6) is 5.75 Å². The minimum absolute atomic E-state index is 0.00886. The van der Waals surface area contributed by atoms with Crippen LogP contribution in [0, 0.1) is 0 Å². The summed E-state index contributed by atoms with van der Waals surface area (Å²) in [4.78, 5) is 11.7. The maximum atomic E-state index is 13.3. The number of hydrogen-bond donors (Lipinski definition) is 2. The highest BCUT2D eigenvalue weighted by Gasteiger charge is 2.30. The van der Waals surface area contributed by atoms with E-state index in [2.05, 4.69) is 0 Å². The lowest BCUT2D eigenvalue weighted by molar-refractivity contribution is 0.0696. The average Bonchev–Trinajstić information content (AvgIpc) is 2.93. The van der Waals surface area contributed by atoms with Crippen LogP contribution in [0.1, 0.15) is 27.9 Å². The lowest BCUT2D eigenvalue weighted by atomic mass is 10.0. The van der Waals surface area contributed by atoms with Gasteiger partial charge in [0.05, 0.1) is 16.2 Å². The van der Waals surface area contributed by atoms with Gasteiger partial charge in [0.2, 0.25) is 0 Å². The van der Waals surface area contributed by atoms with Crippen molar-refractivity contribution in [3.8, 4) is 17.0 Å². The second-order valence-corrected chi connectivity index (χ2v) is 8.30. The van der Waals surface area contributed by atoms with Crippen LogP contribution in [0.3, 0.4) is 0 Å². The Morgan fingerprint density at radius 3 is 2.56 bits per heavy atom. The summed E-state index contributed by atoms with van der Waals surface area (Å²) < 4.78 is 27.6. The van der Waals surface area contributed by atoms with E-state index >= 15 is 0 Å². The molecule has 3 aromatic rings. The molecule has 0 amide bonds. The number of carbonyl (C=O) groups is 1. The number of aromatic carboxylic acids is 1. The van der Waals surface area contributed by atoms with Crippen LogP contribution in [0.25, 0.3) is 11.3 Å². The van der Waals surface area contributed by atoms with Crippen molar-refractivity contribution in [2.45, 2.75) is 24.2 Å². The molecular weight excluding hydrogens is 366 g/mol. The van der Waals surface area contributed by atoms with Crippen molar-refractivity contribution in [1.29, 1.82) is 0 Å². The van der Waals surface area contributed by atoms with Crippen molar-refractivity contribution < 1.29 is 23.4 Å². The fourth-order valence-corrected chi connectivity index (χ4v) is 5.05. The highest BCUT2D eigenvalue weighted by atomic mass is 32.2. The Labute approximate surface area is 156 Å². The van der Waals surface area contributed by atoms with Crippen LogP contribution >= 0.6 is 0 Å². The molecular formula is C20H17NO5S. The van der Waals surface area contributed by atoms with Crippen molar-refractivity contribution in [1.82, 2.24) is 3.97 Å². The van der Waals surface area contributed by atoms with Gasteiger partial charge in [-0.05, 0) is 42.5 Å². The molecule has 27 heavy (non-hydrogen) atoms. The van der Waals surface area contributed by atoms with E-state index in [1.807, 2.05) is 24.3 Å². The maximum absolute atomic E-state index is 13.3. The van der Waals surface area contributed by atoms with Crippen molar-refractivity contribution in [2.75, 3.05) is 0 Å². The van der Waals surface area contributed by atoms with Gasteiger partial charge < -0.3 is 10.2 Å². The molecule has 2 N–H and O–H groups in total. The van der Waals surface area contributed by atoms with E-state index in [4.69, 9.17) is 0 Å². The predicted molar refractivity (Wildman–Crippen MR) is 99.5 cm³/mol. The Morgan fingerprint density at radius 2 is 1.81 bits per heavy atom. The summed E-state index contributed by atoms with van der Waals surface area (Å²) in [7, 11) is -4.08. The number of fused-ring (bicyclic) bond motifs is 3. The molecule has 0 fully saturated rings. The molecule has 1 aliphatic carbocycles. The van der Waals surface area contributed by atoms with Crippen molar-refractivity contribution >= 4 is 16.0 Å². The summed E-state index contributed by atoms with van der Waals surface area (Å²) >= 11 is 0. The van der Waals surface area contributed by atoms with E-state index in [1.54, 1.807) is 0 Å². The number of carboxylic acid groups (broad SMARTS) is 1. The SMILES string of the molecule is O=C(O)c1cn(S(=O)(=O)c2cccc(O)c2)c2c1CCCc1ccccc1-2. The third kappa shape index (κ3) is 2.80. The summed E-state index contributed by atoms with van der Waals surface area (Å²) in [5, 5.41) is 19.3. The zero-order valence-corrected chi connectivity index (χ0v) is 15.1. The van der Waals surface area contributed by atoms with Gasteiger partial charge in [-0.1, -0.05) is 30.3 Å². The molecule has 4 rings (SSSR count). The number of aromatic nitrogens is 1. The lowest BCUT2D eigenvalue weighted by Gasteiger charge is -2.13. The number of phenols is 1. The quantitative estimate of drug-likeness (QED) is 0.723. The van der Waals surface area contributed by atoms with Gasteiger partial charge in [-0.15, -0.1) is 0 Å². The number of carboxylic acids is 1. The Bertz CT molecular complexity index is 1160. The van der Waals surface area contributed by atoms with E-state index in [0.29, 0.717) is 17.7 Å². The fraction of sp³-hybridized carbons (Fsp3) is 0.150. The molecule has 0 spiro atoms. The first-order chi connectivity index (χ1) is 12.9. The van der Waals surface area contributed by atoms with Gasteiger partial charge >= 0.3 is 5.97 Å². The summed E-state index contributed by atoms with van der Waals surface area (Å²) in [5.41, 5.74) is 2.62. The van der Waals surface area contributed by atoms with Crippen molar-refractivity contribution in [3.63, 3.8) is 0 Å². The van der Waals surface area contributed by atoms with Gasteiger partial charge in [0.15, 0.2) is 0 Å². The third-order valence-corrected chi connectivity index (χ3v) is 6.48.